The van der Waals surface area contributed by atoms with Crippen LogP contribution in [0.2, 0.25) is 0 Å². The predicted octanol–water partition coefficient (Wildman–Crippen LogP) is 3.17. The van der Waals surface area contributed by atoms with Crippen LogP contribution in [0, 0.1) is 0 Å². The molecule has 0 aromatic heterocycles. The van der Waals surface area contributed by atoms with Crippen LogP contribution in [0.15, 0.2) is 54.6 Å². The Bertz CT molecular complexity index is 636. The van der Waals surface area contributed by atoms with Crippen LogP contribution >= 0.6 is 0 Å². The van der Waals surface area contributed by atoms with E-state index in [0.717, 1.165) is 31.5 Å². The predicted molar refractivity (Wildman–Crippen MR) is 88.5 cm³/mol. The molecule has 120 valence electrons. The number of rotatable bonds is 5. The molecule has 4 nitrogen and oxygen atoms in total. The fourth-order valence-corrected chi connectivity index (χ4v) is 2.62. The number of carbonyl (C=O) groups excluding carboxylic acids is 1. The second-order valence-electron chi connectivity index (χ2n) is 5.68. The van der Waals surface area contributed by atoms with Gasteiger partial charge in [-0.3, -0.25) is 0 Å². The van der Waals surface area contributed by atoms with Crippen molar-refractivity contribution in [2.24, 2.45) is 0 Å². The lowest BCUT2D eigenvalue weighted by atomic mass is 10.1. The van der Waals surface area contributed by atoms with Crippen molar-refractivity contribution in [3.05, 3.63) is 65.7 Å². The van der Waals surface area contributed by atoms with Gasteiger partial charge in [-0.15, -0.1) is 0 Å². The highest BCUT2D eigenvalue weighted by atomic mass is 16.5. The van der Waals surface area contributed by atoms with Gasteiger partial charge in [0.1, 0.15) is 18.5 Å². The summed E-state index contributed by atoms with van der Waals surface area (Å²) in [4.78, 5) is 12.2. The number of nitrogens with one attached hydrogen (secondary N) is 1. The van der Waals surface area contributed by atoms with Crippen LogP contribution in [0.3, 0.4) is 0 Å². The Kier molecular flexibility index (Phi) is 5.27. The second kappa shape index (κ2) is 7.79. The molecule has 0 amide bonds. The number of hydrogen-bond acceptors (Lipinski definition) is 4. The van der Waals surface area contributed by atoms with Crippen molar-refractivity contribution in [1.82, 2.24) is 5.32 Å². The number of piperidine rings is 1. The van der Waals surface area contributed by atoms with E-state index < -0.39 is 0 Å². The molecular weight excluding hydrogens is 290 g/mol. The molecule has 1 saturated heterocycles. The molecule has 0 radical (unpaired) electrons. The zero-order chi connectivity index (χ0) is 15.9. The third-order valence-electron chi connectivity index (χ3n) is 3.84. The topological polar surface area (TPSA) is 47.6 Å². The quantitative estimate of drug-likeness (QED) is 0.862. The summed E-state index contributed by atoms with van der Waals surface area (Å²) >= 11 is 0. The molecule has 1 N–H and O–H groups in total. The van der Waals surface area contributed by atoms with E-state index in [1.807, 2.05) is 42.5 Å². The molecule has 23 heavy (non-hydrogen) atoms. The molecule has 3 rings (SSSR count). The van der Waals surface area contributed by atoms with Gasteiger partial charge < -0.3 is 14.8 Å². The Labute approximate surface area is 136 Å². The first-order valence-corrected chi connectivity index (χ1v) is 8.00. The maximum atomic E-state index is 12.2. The Morgan fingerprint density at radius 2 is 2.00 bits per heavy atom. The molecule has 1 heterocycles. The largest absolute Gasteiger partial charge is 0.489 e. The highest BCUT2D eigenvalue weighted by Crippen LogP contribution is 2.18. The van der Waals surface area contributed by atoms with Gasteiger partial charge in [-0.05, 0) is 43.1 Å². The number of ether oxygens (including phenoxy) is 2. The van der Waals surface area contributed by atoms with Gasteiger partial charge in [-0.2, -0.15) is 0 Å². The molecule has 0 bridgehead atoms. The van der Waals surface area contributed by atoms with Crippen LogP contribution in [-0.2, 0) is 11.3 Å². The lowest BCUT2D eigenvalue weighted by Crippen LogP contribution is -2.37. The van der Waals surface area contributed by atoms with Crippen LogP contribution in [0.1, 0.15) is 28.8 Å². The summed E-state index contributed by atoms with van der Waals surface area (Å²) < 4.78 is 11.3. The molecule has 1 atom stereocenters. The van der Waals surface area contributed by atoms with Gasteiger partial charge in [-0.25, -0.2) is 4.79 Å². The fraction of sp³-hybridized carbons (Fsp3) is 0.316. The van der Waals surface area contributed by atoms with E-state index in [1.165, 1.54) is 0 Å². The van der Waals surface area contributed by atoms with Crippen LogP contribution < -0.4 is 10.1 Å². The third-order valence-corrected chi connectivity index (χ3v) is 3.84. The van der Waals surface area contributed by atoms with Crippen molar-refractivity contribution in [1.29, 1.82) is 0 Å². The molecule has 2 aromatic rings. The maximum Gasteiger partial charge on any atom is 0.338 e. The smallest absolute Gasteiger partial charge is 0.338 e. The van der Waals surface area contributed by atoms with Crippen LogP contribution in [0.25, 0.3) is 0 Å². The number of carbonyl (C=O) groups is 1. The van der Waals surface area contributed by atoms with Crippen molar-refractivity contribution in [2.45, 2.75) is 25.6 Å². The molecule has 0 aliphatic carbocycles. The third kappa shape index (κ3) is 4.57. The first-order chi connectivity index (χ1) is 11.3. The molecule has 1 aliphatic rings. The summed E-state index contributed by atoms with van der Waals surface area (Å²) in [5.41, 5.74) is 1.49. The van der Waals surface area contributed by atoms with E-state index in [9.17, 15) is 4.79 Å². The first kappa shape index (κ1) is 15.6. The highest BCUT2D eigenvalue weighted by Gasteiger charge is 2.15. The average Bonchev–Trinajstić information content (AvgIpc) is 2.62. The lowest BCUT2D eigenvalue weighted by Gasteiger charge is -2.24. The summed E-state index contributed by atoms with van der Waals surface area (Å²) in [6.45, 7) is 2.17. The fourth-order valence-electron chi connectivity index (χ4n) is 2.62. The van der Waals surface area contributed by atoms with Crippen LogP contribution in [0.4, 0.5) is 0 Å². The van der Waals surface area contributed by atoms with Gasteiger partial charge in [0.05, 0.1) is 5.56 Å². The van der Waals surface area contributed by atoms with E-state index in [0.29, 0.717) is 11.3 Å². The normalized spacial score (nSPS) is 17.5. The van der Waals surface area contributed by atoms with E-state index in [2.05, 4.69) is 5.32 Å². The van der Waals surface area contributed by atoms with Crippen molar-refractivity contribution in [3.63, 3.8) is 0 Å². The second-order valence-corrected chi connectivity index (χ2v) is 5.68. The van der Waals surface area contributed by atoms with Crippen molar-refractivity contribution in [2.75, 3.05) is 13.1 Å². The lowest BCUT2D eigenvalue weighted by molar-refractivity contribution is 0.0471. The van der Waals surface area contributed by atoms with Gasteiger partial charge in [-0.1, -0.05) is 36.4 Å². The highest BCUT2D eigenvalue weighted by molar-refractivity contribution is 5.89. The Balaban J connectivity index is 1.58. The molecule has 0 spiro atoms. The minimum atomic E-state index is -0.332. The standard InChI is InChI=1S/C19H21NO3/c21-19(22-14-15-6-2-1-3-7-15)16-8-4-9-17(12-16)23-18-10-5-11-20-13-18/h1-4,6-9,12,18,20H,5,10-11,13-14H2. The van der Waals surface area contributed by atoms with Gasteiger partial charge >= 0.3 is 5.97 Å². The van der Waals surface area contributed by atoms with E-state index >= 15 is 0 Å². The van der Waals surface area contributed by atoms with Crippen molar-refractivity contribution < 1.29 is 14.3 Å². The van der Waals surface area contributed by atoms with Crippen LogP contribution in [-0.4, -0.2) is 25.2 Å². The number of benzene rings is 2. The van der Waals surface area contributed by atoms with Gasteiger partial charge in [0.15, 0.2) is 0 Å². The van der Waals surface area contributed by atoms with Crippen molar-refractivity contribution in [3.8, 4) is 5.75 Å². The molecule has 4 heteroatoms. The van der Waals surface area contributed by atoms with Crippen molar-refractivity contribution >= 4 is 5.97 Å². The zero-order valence-electron chi connectivity index (χ0n) is 13.0. The zero-order valence-corrected chi connectivity index (χ0v) is 13.0. The summed E-state index contributed by atoms with van der Waals surface area (Å²) in [7, 11) is 0. The van der Waals surface area contributed by atoms with E-state index in [1.54, 1.807) is 12.1 Å². The number of hydrogen-bond donors (Lipinski definition) is 1. The summed E-state index contributed by atoms with van der Waals surface area (Å²) in [5, 5.41) is 3.31. The minimum Gasteiger partial charge on any atom is -0.489 e. The molecule has 1 fully saturated rings. The maximum absolute atomic E-state index is 12.2. The molecule has 2 aromatic carbocycles. The molecular formula is C19H21NO3. The SMILES string of the molecule is O=C(OCc1ccccc1)c1cccc(OC2CCCNC2)c1. The monoisotopic (exact) mass is 311 g/mol. The summed E-state index contributed by atoms with van der Waals surface area (Å²) in [6.07, 6.45) is 2.32. The van der Waals surface area contributed by atoms with Gasteiger partial charge in [0.2, 0.25) is 0 Å². The number of esters is 1. The minimum absolute atomic E-state index is 0.166. The molecule has 1 unspecified atom stereocenters. The van der Waals surface area contributed by atoms with E-state index in [-0.39, 0.29) is 18.7 Å². The van der Waals surface area contributed by atoms with Gasteiger partial charge in [0, 0.05) is 6.54 Å². The van der Waals surface area contributed by atoms with Crippen LogP contribution in [0.5, 0.6) is 5.75 Å². The summed E-state index contributed by atoms with van der Waals surface area (Å²) in [5.74, 6) is 0.383. The Morgan fingerprint density at radius 3 is 2.78 bits per heavy atom. The molecule has 1 aliphatic heterocycles. The Morgan fingerprint density at radius 1 is 1.13 bits per heavy atom. The first-order valence-electron chi connectivity index (χ1n) is 8.00. The van der Waals surface area contributed by atoms with E-state index in [4.69, 9.17) is 9.47 Å². The summed E-state index contributed by atoms with van der Waals surface area (Å²) in [6, 6.07) is 16.9. The average molecular weight is 311 g/mol. The Hall–Kier alpha value is -2.33. The molecule has 0 saturated carbocycles. The van der Waals surface area contributed by atoms with Gasteiger partial charge in [0.25, 0.3) is 0 Å².